The maximum atomic E-state index is 11.7. The molecule has 0 aliphatic heterocycles. The molecule has 0 unspecified atom stereocenters. The third kappa shape index (κ3) is 4.12. The minimum atomic E-state index is -0.393. The van der Waals surface area contributed by atoms with Gasteiger partial charge in [0.15, 0.2) is 0 Å². The average Bonchev–Trinajstić information content (AvgIpc) is 2.45. The molecule has 2 amide bonds. The highest BCUT2D eigenvalue weighted by atomic mass is 35.5. The first-order chi connectivity index (χ1) is 9.69. The van der Waals surface area contributed by atoms with Gasteiger partial charge in [-0.1, -0.05) is 23.7 Å². The number of hydrogen-bond acceptors (Lipinski definition) is 4. The lowest BCUT2D eigenvalue weighted by molar-refractivity contribution is 0.181. The van der Waals surface area contributed by atoms with Crippen LogP contribution in [0.1, 0.15) is 19.3 Å². The van der Waals surface area contributed by atoms with Crippen LogP contribution in [0.3, 0.4) is 0 Å². The first-order valence-electron chi connectivity index (χ1n) is 6.37. The van der Waals surface area contributed by atoms with Crippen molar-refractivity contribution < 1.29 is 10.0 Å². The summed E-state index contributed by atoms with van der Waals surface area (Å²) in [6, 6.07) is 6.36. The molecule has 0 spiro atoms. The zero-order valence-electron chi connectivity index (χ0n) is 10.8. The smallest absolute Gasteiger partial charge is 0.307 e. The van der Waals surface area contributed by atoms with E-state index >= 15 is 0 Å². The summed E-state index contributed by atoms with van der Waals surface area (Å²) in [5.74, 6) is 0. The molecule has 108 valence electrons. The van der Waals surface area contributed by atoms with E-state index in [1.165, 1.54) is 0 Å². The maximum Gasteiger partial charge on any atom is 0.333 e. The molecule has 1 aliphatic carbocycles. The van der Waals surface area contributed by atoms with Gasteiger partial charge in [0.2, 0.25) is 0 Å². The summed E-state index contributed by atoms with van der Waals surface area (Å²) < 4.78 is 0. The molecule has 0 heterocycles. The molecule has 0 fully saturated rings. The van der Waals surface area contributed by atoms with Crippen molar-refractivity contribution in [2.45, 2.75) is 25.3 Å². The molecule has 1 aromatic rings. The lowest BCUT2D eigenvalue weighted by Crippen LogP contribution is -2.49. The van der Waals surface area contributed by atoms with Crippen molar-refractivity contribution in [1.29, 1.82) is 0 Å². The van der Waals surface area contributed by atoms with E-state index in [1.54, 1.807) is 24.3 Å². The standard InChI is InChI=1S/C13H17ClN4O2/c14-9-4-3-5-10(8-9)15-13(19)17-16-11-6-1-2-7-12(11)18-20/h3-5,7-8,11,16,18,20H,1-2,6H2,(H2,15,17,19)/t11-/m1/s1. The number of carbonyl (C=O) groups excluding carboxylic acids is 1. The fourth-order valence-electron chi connectivity index (χ4n) is 2.03. The van der Waals surface area contributed by atoms with Crippen LogP contribution in [0.4, 0.5) is 10.5 Å². The molecule has 1 aliphatic rings. The van der Waals surface area contributed by atoms with Crippen LogP contribution >= 0.6 is 11.6 Å². The molecule has 6 nitrogen and oxygen atoms in total. The van der Waals surface area contributed by atoms with Crippen LogP contribution in [0.15, 0.2) is 36.0 Å². The molecule has 0 saturated carbocycles. The van der Waals surface area contributed by atoms with Gasteiger partial charge in [-0.25, -0.2) is 10.2 Å². The number of hydroxylamine groups is 1. The number of anilines is 1. The normalized spacial score (nSPS) is 18.1. The number of halogens is 1. The van der Waals surface area contributed by atoms with Crippen LogP contribution in [-0.4, -0.2) is 17.3 Å². The van der Waals surface area contributed by atoms with Gasteiger partial charge in [0.05, 0.1) is 11.7 Å². The number of nitrogens with one attached hydrogen (secondary N) is 4. The van der Waals surface area contributed by atoms with E-state index in [-0.39, 0.29) is 6.04 Å². The highest BCUT2D eigenvalue weighted by Crippen LogP contribution is 2.16. The third-order valence-electron chi connectivity index (χ3n) is 3.01. The first-order valence-corrected chi connectivity index (χ1v) is 6.75. The Morgan fingerprint density at radius 1 is 1.40 bits per heavy atom. The van der Waals surface area contributed by atoms with Gasteiger partial charge in [0.1, 0.15) is 0 Å². The van der Waals surface area contributed by atoms with Gasteiger partial charge in [-0.05, 0) is 37.5 Å². The molecule has 0 radical (unpaired) electrons. The average molecular weight is 297 g/mol. The predicted octanol–water partition coefficient (Wildman–Crippen LogP) is 2.38. The van der Waals surface area contributed by atoms with Gasteiger partial charge >= 0.3 is 6.03 Å². The summed E-state index contributed by atoms with van der Waals surface area (Å²) in [4.78, 5) is 11.7. The number of carbonyl (C=O) groups is 1. The van der Waals surface area contributed by atoms with E-state index < -0.39 is 6.03 Å². The summed E-state index contributed by atoms with van der Waals surface area (Å²) in [6.07, 6.45) is 4.64. The fraction of sp³-hybridized carbons (Fsp3) is 0.308. The third-order valence-corrected chi connectivity index (χ3v) is 3.24. The van der Waals surface area contributed by atoms with Gasteiger partial charge < -0.3 is 5.32 Å². The predicted molar refractivity (Wildman–Crippen MR) is 77.4 cm³/mol. The summed E-state index contributed by atoms with van der Waals surface area (Å²) in [6.45, 7) is 0. The van der Waals surface area contributed by atoms with E-state index in [0.717, 1.165) is 19.3 Å². The second kappa shape index (κ2) is 7.14. The molecule has 0 saturated heterocycles. The second-order valence-corrected chi connectivity index (χ2v) is 4.93. The molecular formula is C13H17ClN4O2. The van der Waals surface area contributed by atoms with Crippen molar-refractivity contribution in [1.82, 2.24) is 16.3 Å². The molecule has 2 rings (SSSR count). The number of benzene rings is 1. The zero-order valence-corrected chi connectivity index (χ0v) is 11.6. The Morgan fingerprint density at radius 2 is 2.25 bits per heavy atom. The minimum absolute atomic E-state index is 0.126. The van der Waals surface area contributed by atoms with Crippen LogP contribution < -0.4 is 21.6 Å². The van der Waals surface area contributed by atoms with E-state index in [9.17, 15) is 4.79 Å². The summed E-state index contributed by atoms with van der Waals surface area (Å²) in [7, 11) is 0. The van der Waals surface area contributed by atoms with Gasteiger partial charge in [0, 0.05) is 10.7 Å². The number of amides is 2. The number of urea groups is 1. The quantitative estimate of drug-likeness (QED) is 0.552. The first kappa shape index (κ1) is 14.6. The highest BCUT2D eigenvalue weighted by molar-refractivity contribution is 6.30. The van der Waals surface area contributed by atoms with E-state index in [4.69, 9.17) is 16.8 Å². The molecule has 20 heavy (non-hydrogen) atoms. The lowest BCUT2D eigenvalue weighted by atomic mass is 10.0. The van der Waals surface area contributed by atoms with Crippen LogP contribution in [-0.2, 0) is 0 Å². The van der Waals surface area contributed by atoms with Crippen molar-refractivity contribution >= 4 is 23.3 Å². The van der Waals surface area contributed by atoms with Crippen LogP contribution in [0.5, 0.6) is 0 Å². The van der Waals surface area contributed by atoms with Crippen molar-refractivity contribution in [3.05, 3.63) is 41.1 Å². The molecule has 1 aromatic carbocycles. The molecule has 1 atom stereocenters. The largest absolute Gasteiger partial charge is 0.333 e. The molecule has 7 heteroatoms. The van der Waals surface area contributed by atoms with Crippen LogP contribution in [0.25, 0.3) is 0 Å². The molecule has 5 N–H and O–H groups in total. The van der Waals surface area contributed by atoms with Crippen LogP contribution in [0, 0.1) is 0 Å². The summed E-state index contributed by atoms with van der Waals surface area (Å²) in [5, 5.41) is 12.2. The number of allylic oxidation sites excluding steroid dienone is 1. The zero-order chi connectivity index (χ0) is 14.4. The van der Waals surface area contributed by atoms with Crippen molar-refractivity contribution in [2.24, 2.45) is 0 Å². The SMILES string of the molecule is O=C(NN[C@@H]1CCCC=C1NO)Nc1cccc(Cl)c1. The Balaban J connectivity index is 1.83. The number of hydrazine groups is 1. The lowest BCUT2D eigenvalue weighted by Gasteiger charge is -2.24. The summed E-state index contributed by atoms with van der Waals surface area (Å²) in [5.41, 5.74) is 8.84. The molecular weight excluding hydrogens is 280 g/mol. The summed E-state index contributed by atoms with van der Waals surface area (Å²) >= 11 is 5.83. The van der Waals surface area contributed by atoms with Gasteiger partial charge in [-0.3, -0.25) is 16.1 Å². The Bertz CT molecular complexity index is 507. The van der Waals surface area contributed by atoms with E-state index in [2.05, 4.69) is 21.6 Å². The second-order valence-electron chi connectivity index (χ2n) is 4.49. The van der Waals surface area contributed by atoms with E-state index in [0.29, 0.717) is 16.4 Å². The topological polar surface area (TPSA) is 85.4 Å². The Kier molecular flexibility index (Phi) is 5.23. The van der Waals surface area contributed by atoms with Crippen LogP contribution in [0.2, 0.25) is 5.02 Å². The van der Waals surface area contributed by atoms with Crippen molar-refractivity contribution in [2.75, 3.05) is 5.32 Å². The molecule has 0 aromatic heterocycles. The highest BCUT2D eigenvalue weighted by Gasteiger charge is 2.17. The van der Waals surface area contributed by atoms with Gasteiger partial charge in [-0.15, -0.1) is 0 Å². The van der Waals surface area contributed by atoms with Crippen molar-refractivity contribution in [3.63, 3.8) is 0 Å². The van der Waals surface area contributed by atoms with E-state index in [1.807, 2.05) is 6.08 Å². The van der Waals surface area contributed by atoms with Gasteiger partial charge in [-0.2, -0.15) is 0 Å². The monoisotopic (exact) mass is 296 g/mol. The fourth-order valence-corrected chi connectivity index (χ4v) is 2.22. The number of hydrogen-bond donors (Lipinski definition) is 5. The minimum Gasteiger partial charge on any atom is -0.307 e. The van der Waals surface area contributed by atoms with Gasteiger partial charge in [0.25, 0.3) is 0 Å². The number of rotatable bonds is 4. The van der Waals surface area contributed by atoms with Crippen molar-refractivity contribution in [3.8, 4) is 0 Å². The Labute approximate surface area is 122 Å². The molecule has 0 bridgehead atoms. The Hall–Kier alpha value is -1.76. The maximum absolute atomic E-state index is 11.7. The Morgan fingerprint density at radius 3 is 3.00 bits per heavy atom.